The summed E-state index contributed by atoms with van der Waals surface area (Å²) in [6.45, 7) is -0.00798. The summed E-state index contributed by atoms with van der Waals surface area (Å²) >= 11 is 0. The van der Waals surface area contributed by atoms with Gasteiger partial charge in [-0.2, -0.15) is 0 Å². The first-order valence-electron chi connectivity index (χ1n) is 11.0. The highest BCUT2D eigenvalue weighted by Crippen LogP contribution is 2.10. The summed E-state index contributed by atoms with van der Waals surface area (Å²) in [6.07, 6.45) is 0.186. The van der Waals surface area contributed by atoms with Crippen LogP contribution in [0.4, 0.5) is 8.78 Å². The average molecular weight is 479 g/mol. The summed E-state index contributed by atoms with van der Waals surface area (Å²) in [5.74, 6) is -2.19. The Kier molecular flexibility index (Phi) is 7.79. The van der Waals surface area contributed by atoms with Crippen LogP contribution in [0.1, 0.15) is 16.7 Å². The van der Waals surface area contributed by atoms with Crippen molar-refractivity contribution in [3.63, 3.8) is 0 Å². The minimum Gasteiger partial charge on any atom is -0.468 e. The predicted molar refractivity (Wildman–Crippen MR) is 125 cm³/mol. The van der Waals surface area contributed by atoms with Gasteiger partial charge in [-0.25, -0.2) is 22.8 Å². The molecule has 1 heterocycles. The quantitative estimate of drug-likeness (QED) is 0.347. The third-order valence-corrected chi connectivity index (χ3v) is 5.24. The van der Waals surface area contributed by atoms with Crippen LogP contribution < -0.4 is 16.0 Å². The van der Waals surface area contributed by atoms with Gasteiger partial charge in [-0.1, -0.05) is 66.7 Å². The van der Waals surface area contributed by atoms with Crippen LogP contribution in [0.5, 0.6) is 5.88 Å². The van der Waals surface area contributed by atoms with E-state index in [0.29, 0.717) is 5.56 Å². The smallest absolute Gasteiger partial charge is 0.349 e. The lowest BCUT2D eigenvalue weighted by Gasteiger charge is -2.13. The third-order valence-electron chi connectivity index (χ3n) is 5.24. The van der Waals surface area contributed by atoms with Crippen LogP contribution in [0.25, 0.3) is 0 Å². The van der Waals surface area contributed by atoms with Crippen LogP contribution in [0.15, 0.2) is 88.5 Å². The fourth-order valence-corrected chi connectivity index (χ4v) is 3.37. The molecule has 0 amide bonds. The summed E-state index contributed by atoms with van der Waals surface area (Å²) in [6, 6.07) is 22.0. The number of aromatic nitrogens is 3. The predicted octanol–water partition coefficient (Wildman–Crippen LogP) is 3.68. The van der Waals surface area contributed by atoms with Gasteiger partial charge >= 0.3 is 11.2 Å². The van der Waals surface area contributed by atoms with Gasteiger partial charge in [0.25, 0.3) is 5.88 Å². The van der Waals surface area contributed by atoms with Crippen LogP contribution >= 0.6 is 0 Å². The largest absolute Gasteiger partial charge is 0.468 e. The van der Waals surface area contributed by atoms with E-state index in [4.69, 9.17) is 9.47 Å². The number of nitrogens with zero attached hydrogens (tertiary/aromatic N) is 3. The maximum absolute atomic E-state index is 13.6. The Labute approximate surface area is 199 Å². The Bertz CT molecular complexity index is 1390. The molecule has 0 radical (unpaired) electrons. The Morgan fingerprint density at radius 1 is 0.771 bits per heavy atom. The van der Waals surface area contributed by atoms with E-state index >= 15 is 0 Å². The molecule has 180 valence electrons. The zero-order chi connectivity index (χ0) is 24.6. The van der Waals surface area contributed by atoms with E-state index in [2.05, 4.69) is 5.10 Å². The van der Waals surface area contributed by atoms with Gasteiger partial charge in [-0.15, -0.1) is 5.10 Å². The second-order valence-electron chi connectivity index (χ2n) is 7.78. The second-order valence-corrected chi connectivity index (χ2v) is 7.78. The molecule has 0 aliphatic rings. The average Bonchev–Trinajstić information content (AvgIpc) is 2.88. The number of halogens is 2. The zero-order valence-corrected chi connectivity index (χ0v) is 18.8. The van der Waals surface area contributed by atoms with Crippen LogP contribution in [-0.2, 0) is 37.6 Å². The Hall–Kier alpha value is -4.11. The highest BCUT2D eigenvalue weighted by Gasteiger charge is 2.15. The lowest BCUT2D eigenvalue weighted by atomic mass is 10.1. The van der Waals surface area contributed by atoms with Crippen LogP contribution in [-0.4, -0.2) is 14.3 Å². The molecule has 0 unspecified atom stereocenters. The topological polar surface area (TPSA) is 75.4 Å². The van der Waals surface area contributed by atoms with E-state index in [-0.39, 0.29) is 38.8 Å². The van der Waals surface area contributed by atoms with E-state index in [0.717, 1.165) is 32.5 Å². The van der Waals surface area contributed by atoms with E-state index in [1.807, 2.05) is 60.7 Å². The fourth-order valence-electron chi connectivity index (χ4n) is 3.37. The minimum absolute atomic E-state index is 0.0184. The van der Waals surface area contributed by atoms with E-state index < -0.39 is 22.9 Å². The molecule has 0 saturated heterocycles. The van der Waals surface area contributed by atoms with Gasteiger partial charge in [0.05, 0.1) is 13.2 Å². The molecule has 9 heteroatoms. The molecule has 0 aliphatic carbocycles. The molecule has 0 saturated carbocycles. The molecule has 4 rings (SSSR count). The van der Waals surface area contributed by atoms with Crippen molar-refractivity contribution in [1.82, 2.24) is 14.3 Å². The monoisotopic (exact) mass is 479 g/mol. The normalized spacial score (nSPS) is 10.9. The van der Waals surface area contributed by atoms with Crippen molar-refractivity contribution in [3.8, 4) is 5.88 Å². The van der Waals surface area contributed by atoms with Crippen molar-refractivity contribution < 1.29 is 18.3 Å². The van der Waals surface area contributed by atoms with Gasteiger partial charge in [0.1, 0.15) is 13.3 Å². The molecule has 35 heavy (non-hydrogen) atoms. The van der Waals surface area contributed by atoms with Crippen molar-refractivity contribution >= 4 is 0 Å². The zero-order valence-electron chi connectivity index (χ0n) is 18.8. The second kappa shape index (κ2) is 11.3. The first-order chi connectivity index (χ1) is 17.0. The maximum atomic E-state index is 13.6. The van der Waals surface area contributed by atoms with Gasteiger partial charge in [0, 0.05) is 0 Å². The highest BCUT2D eigenvalue weighted by atomic mass is 19.2. The van der Waals surface area contributed by atoms with E-state index in [9.17, 15) is 18.4 Å². The first kappa shape index (κ1) is 24.0. The van der Waals surface area contributed by atoms with Crippen LogP contribution in [0.3, 0.4) is 0 Å². The SMILES string of the molecule is O=c1c(OCc2ccccc2)nn(CCc2ccc(F)c(F)c2)c(=O)n1COCc1ccccc1. The molecular weight excluding hydrogens is 456 g/mol. The standard InChI is InChI=1S/C26H23F2N3O4/c27-22-12-11-19(15-23(22)28)13-14-31-26(33)30(18-34-16-20-7-3-1-4-8-20)25(32)24(29-31)35-17-21-9-5-2-6-10-21/h1-12,15H,13-14,16-18H2. The molecule has 3 aromatic carbocycles. The van der Waals surface area contributed by atoms with Crippen LogP contribution in [0, 0.1) is 11.6 Å². The Balaban J connectivity index is 1.57. The summed E-state index contributed by atoms with van der Waals surface area (Å²) < 4.78 is 40.0. The fraction of sp³-hybridized carbons (Fsp3) is 0.192. The number of ether oxygens (including phenoxy) is 2. The van der Waals surface area contributed by atoms with E-state index in [1.54, 1.807) is 0 Å². The molecule has 0 bridgehead atoms. The minimum atomic E-state index is -0.978. The van der Waals surface area contributed by atoms with Gasteiger partial charge in [0.2, 0.25) is 0 Å². The van der Waals surface area contributed by atoms with Gasteiger partial charge < -0.3 is 9.47 Å². The van der Waals surface area contributed by atoms with E-state index in [1.165, 1.54) is 6.07 Å². The molecule has 1 aromatic heterocycles. The summed E-state index contributed by atoms with van der Waals surface area (Å²) in [4.78, 5) is 25.9. The number of rotatable bonds is 10. The van der Waals surface area contributed by atoms with Crippen molar-refractivity contribution in [3.05, 3.63) is 128 Å². The Morgan fingerprint density at radius 3 is 2.09 bits per heavy atom. The lowest BCUT2D eigenvalue weighted by molar-refractivity contribution is 0.0556. The van der Waals surface area contributed by atoms with Gasteiger partial charge in [-0.05, 0) is 35.2 Å². The number of benzene rings is 3. The highest BCUT2D eigenvalue weighted by molar-refractivity contribution is 5.18. The lowest BCUT2D eigenvalue weighted by Crippen LogP contribution is -2.42. The number of aryl methyl sites for hydroxylation is 2. The summed E-state index contributed by atoms with van der Waals surface area (Å²) in [5.41, 5.74) is 0.761. The molecule has 0 N–H and O–H groups in total. The Morgan fingerprint density at radius 2 is 1.43 bits per heavy atom. The molecule has 0 fully saturated rings. The third kappa shape index (κ3) is 6.27. The number of hydrogen-bond donors (Lipinski definition) is 0. The number of hydrogen-bond acceptors (Lipinski definition) is 5. The summed E-state index contributed by atoms with van der Waals surface area (Å²) in [7, 11) is 0. The van der Waals surface area contributed by atoms with Crippen molar-refractivity contribution in [1.29, 1.82) is 0 Å². The van der Waals surface area contributed by atoms with Crippen LogP contribution in [0.2, 0.25) is 0 Å². The first-order valence-corrected chi connectivity index (χ1v) is 11.0. The van der Waals surface area contributed by atoms with Crippen molar-refractivity contribution in [2.24, 2.45) is 0 Å². The van der Waals surface area contributed by atoms with Crippen molar-refractivity contribution in [2.75, 3.05) is 0 Å². The molecule has 0 atom stereocenters. The molecule has 4 aromatic rings. The maximum Gasteiger partial charge on any atom is 0.349 e. The van der Waals surface area contributed by atoms with Gasteiger partial charge in [-0.3, -0.25) is 4.79 Å². The molecule has 7 nitrogen and oxygen atoms in total. The summed E-state index contributed by atoms with van der Waals surface area (Å²) in [5, 5.41) is 4.09. The molecule has 0 spiro atoms. The van der Waals surface area contributed by atoms with Gasteiger partial charge in [0.15, 0.2) is 11.6 Å². The van der Waals surface area contributed by atoms with Crippen molar-refractivity contribution in [2.45, 2.75) is 32.9 Å². The molecule has 0 aliphatic heterocycles. The molecular formula is C26H23F2N3O4.